The zero-order valence-corrected chi connectivity index (χ0v) is 20.5. The Morgan fingerprint density at radius 1 is 1.15 bits per heavy atom. The molecule has 0 aliphatic carbocycles. The van der Waals surface area contributed by atoms with Crippen LogP contribution in [0.2, 0.25) is 0 Å². The monoisotopic (exact) mass is 507 g/mol. The van der Waals surface area contributed by atoms with Crippen molar-refractivity contribution in [2.24, 2.45) is 0 Å². The van der Waals surface area contributed by atoms with Crippen LogP contribution in [-0.2, 0) is 34.4 Å². The first kappa shape index (κ1) is 31.6. The van der Waals surface area contributed by atoms with Gasteiger partial charge in [0.2, 0.25) is 17.8 Å². The fourth-order valence-electron chi connectivity index (χ4n) is 2.10. The van der Waals surface area contributed by atoms with E-state index in [2.05, 4.69) is 36.4 Å². The molecule has 1 unspecified atom stereocenters. The minimum absolute atomic E-state index is 0. The summed E-state index contributed by atoms with van der Waals surface area (Å²) in [5.74, 6) is -1.62. The van der Waals surface area contributed by atoms with Gasteiger partial charge in [0, 0.05) is 7.11 Å². The maximum Gasteiger partial charge on any atom is 1.00 e. The summed E-state index contributed by atoms with van der Waals surface area (Å²) in [6.07, 6.45) is 0. The van der Waals surface area contributed by atoms with E-state index in [1.165, 1.54) is 13.2 Å². The van der Waals surface area contributed by atoms with Crippen molar-refractivity contribution in [2.45, 2.75) is 4.90 Å². The Morgan fingerprint density at radius 2 is 1.79 bits per heavy atom. The third-order valence-corrected chi connectivity index (χ3v) is 8.58. The van der Waals surface area contributed by atoms with Crippen molar-refractivity contribution in [1.29, 1.82) is 4.78 Å². The number of nitrogens with zero attached hydrogens (tertiary/aromatic N) is 3. The summed E-state index contributed by atoms with van der Waals surface area (Å²) in [5, 5.41) is 4.17. The van der Waals surface area contributed by atoms with Crippen molar-refractivity contribution in [3.8, 4) is 0 Å². The van der Waals surface area contributed by atoms with Crippen molar-refractivity contribution in [3.05, 3.63) is 24.3 Å². The van der Waals surface area contributed by atoms with Gasteiger partial charge in [-0.1, -0.05) is 10.6 Å². The van der Waals surface area contributed by atoms with Crippen LogP contribution in [0, 0.1) is 10.8 Å². The molecule has 0 fully saturated rings. The number of anilines is 4. The second-order valence-electron chi connectivity index (χ2n) is 6.05. The second-order valence-corrected chi connectivity index (χ2v) is 12.2. The predicted molar refractivity (Wildman–Crippen MR) is 111 cm³/mol. The van der Waals surface area contributed by atoms with E-state index in [4.69, 9.17) is 10.5 Å². The topological polar surface area (TPSA) is 230 Å². The number of nitrogens with one attached hydrogen (secondary N) is 3. The van der Waals surface area contributed by atoms with Gasteiger partial charge in [-0.05, 0) is 0 Å². The zero-order chi connectivity index (χ0) is 23.3. The van der Waals surface area contributed by atoms with Gasteiger partial charge in [-0.25, -0.2) is 21.0 Å². The van der Waals surface area contributed by atoms with Gasteiger partial charge in [0.05, 0.1) is 22.1 Å². The van der Waals surface area contributed by atoms with Crippen LogP contribution in [0.15, 0.2) is 23.1 Å². The molecule has 2 aromatic rings. The molecule has 0 saturated carbocycles. The van der Waals surface area contributed by atoms with Crippen LogP contribution in [0.3, 0.4) is 0 Å². The summed E-state index contributed by atoms with van der Waals surface area (Å²) in [4.78, 5) is 11.0. The van der Waals surface area contributed by atoms with E-state index in [-0.39, 0.29) is 73.6 Å². The SMILES string of the molecule is COCCS(=O)(=O)CS(=N)(=O)CNc1nc(N)nc(Nc2[c-]ccc(S(=O)(=O)[O-])c2)n1.[Li+].[Li+]. The van der Waals surface area contributed by atoms with Gasteiger partial charge in [0.25, 0.3) is 0 Å². The van der Waals surface area contributed by atoms with Crippen molar-refractivity contribution in [3.63, 3.8) is 0 Å². The van der Waals surface area contributed by atoms with Gasteiger partial charge >= 0.3 is 37.7 Å². The van der Waals surface area contributed by atoms with E-state index in [9.17, 15) is 25.6 Å². The summed E-state index contributed by atoms with van der Waals surface area (Å²) in [7, 11) is -10.7. The molecule has 19 heteroatoms. The van der Waals surface area contributed by atoms with Crippen LogP contribution in [0.4, 0.5) is 23.5 Å². The summed E-state index contributed by atoms with van der Waals surface area (Å²) in [6, 6.07) is 5.92. The van der Waals surface area contributed by atoms with E-state index < -0.39 is 45.5 Å². The third-order valence-electron chi connectivity index (χ3n) is 3.39. The molecule has 0 saturated heterocycles. The summed E-state index contributed by atoms with van der Waals surface area (Å²) < 4.78 is 81.9. The Morgan fingerprint density at radius 3 is 2.39 bits per heavy atom. The number of methoxy groups -OCH3 is 1. The molecule has 1 heterocycles. The van der Waals surface area contributed by atoms with Crippen molar-refractivity contribution < 1.29 is 68.1 Å². The molecule has 0 bridgehead atoms. The molecule has 1 aromatic carbocycles. The molecule has 14 nitrogen and oxygen atoms in total. The van der Waals surface area contributed by atoms with Gasteiger partial charge in [-0.15, -0.1) is 6.07 Å². The molecule has 2 rings (SSSR count). The van der Waals surface area contributed by atoms with E-state index in [0.29, 0.717) is 0 Å². The Hall–Kier alpha value is -1.41. The molecule has 1 atom stereocenters. The quantitative estimate of drug-likeness (QED) is 0.126. The predicted octanol–water partition coefficient (Wildman–Crippen LogP) is -6.66. The maximum atomic E-state index is 12.3. The molecule has 0 radical (unpaired) electrons. The molecule has 5 N–H and O–H groups in total. The Labute approximate surface area is 215 Å². The molecular formula is C14H19Li2N7O7S3. The largest absolute Gasteiger partial charge is 1.00 e. The minimum Gasteiger partial charge on any atom is -0.746 e. The third kappa shape index (κ3) is 11.0. The number of aromatic nitrogens is 3. The zero-order valence-electron chi connectivity index (χ0n) is 18.1. The fourth-order valence-corrected chi connectivity index (χ4v) is 6.51. The van der Waals surface area contributed by atoms with Crippen LogP contribution in [0.25, 0.3) is 0 Å². The first-order chi connectivity index (χ1) is 14.3. The van der Waals surface area contributed by atoms with E-state index in [1.54, 1.807) is 0 Å². The number of hydrogen-bond donors (Lipinski definition) is 4. The van der Waals surface area contributed by atoms with Crippen molar-refractivity contribution in [2.75, 3.05) is 46.8 Å². The number of rotatable bonds is 11. The first-order valence-electron chi connectivity index (χ1n) is 8.23. The number of nitrogen functional groups attached to an aromatic ring is 1. The molecule has 0 aliphatic heterocycles. The molecule has 0 aliphatic rings. The number of ether oxygens (including phenoxy) is 1. The molecule has 172 valence electrons. The minimum atomic E-state index is -4.69. The van der Waals surface area contributed by atoms with Gasteiger partial charge in [-0.2, -0.15) is 33.2 Å². The van der Waals surface area contributed by atoms with Gasteiger partial charge in [0.1, 0.15) is 21.1 Å². The normalized spacial score (nSPS) is 13.2. The molecule has 0 amide bonds. The maximum absolute atomic E-state index is 12.3. The van der Waals surface area contributed by atoms with Crippen molar-refractivity contribution >= 4 is 53.2 Å². The molecule has 33 heavy (non-hydrogen) atoms. The van der Waals surface area contributed by atoms with Gasteiger partial charge in [0.15, 0.2) is 9.84 Å². The Bertz CT molecular complexity index is 1260. The number of sulfone groups is 1. The van der Waals surface area contributed by atoms with E-state index in [0.717, 1.165) is 12.1 Å². The molecule has 1 aromatic heterocycles. The number of hydrogen-bond acceptors (Lipinski definition) is 14. The number of benzene rings is 1. The van der Waals surface area contributed by atoms with E-state index >= 15 is 0 Å². The van der Waals surface area contributed by atoms with Crippen LogP contribution in [0.1, 0.15) is 0 Å². The van der Waals surface area contributed by atoms with Crippen LogP contribution in [0.5, 0.6) is 0 Å². The average molecular weight is 507 g/mol. The van der Waals surface area contributed by atoms with Crippen molar-refractivity contribution in [1.82, 2.24) is 15.0 Å². The molecular weight excluding hydrogens is 488 g/mol. The van der Waals surface area contributed by atoms with Gasteiger partial charge in [-0.3, -0.25) is 4.78 Å². The van der Waals surface area contributed by atoms with Crippen LogP contribution in [-0.4, -0.2) is 71.0 Å². The fraction of sp³-hybridized carbons (Fsp3) is 0.357. The van der Waals surface area contributed by atoms with Crippen LogP contribution >= 0.6 is 0 Å². The molecule has 0 spiro atoms. The van der Waals surface area contributed by atoms with Crippen LogP contribution < -0.4 is 54.1 Å². The first-order valence-corrected chi connectivity index (χ1v) is 13.4. The summed E-state index contributed by atoms with van der Waals surface area (Å²) >= 11 is 0. The Kier molecular flexibility index (Phi) is 12.3. The summed E-state index contributed by atoms with van der Waals surface area (Å²) in [6.45, 7) is -0.0871. The van der Waals surface area contributed by atoms with E-state index in [1.807, 2.05) is 0 Å². The van der Waals surface area contributed by atoms with Gasteiger partial charge < -0.3 is 25.7 Å². The average Bonchev–Trinajstić information content (AvgIpc) is 2.63. The number of nitrogens with two attached hydrogens (primary N) is 1. The standard InChI is InChI=1S/C14H20N7O7S3.2Li/c1-28-5-6-30(23,24)9-29(16,22)8-17-13-19-12(15)20-14(21-13)18-10-3-2-4-11(7-10)31(25,26)27;;/h2,4,7,16H,5-6,8-9H2,1H3,(H,25,26,27)(H4,15,17,18,19,20,21);;/q-1;2*+1/p-1. The summed E-state index contributed by atoms with van der Waals surface area (Å²) in [5.41, 5.74) is 5.63. The second kappa shape index (κ2) is 12.9. The smallest absolute Gasteiger partial charge is 0.746 e. The Balaban J connectivity index is 0.00000512.